The third-order valence-electron chi connectivity index (χ3n) is 5.84. The first-order valence-electron chi connectivity index (χ1n) is 8.05. The maximum Gasteiger partial charge on any atom is 0.318 e. The minimum Gasteiger partial charge on any atom is -0.480 e. The molecule has 5 N–H and O–H groups in total. The fraction of sp³-hybridized carbons (Fsp3) is 0.389. The van der Waals surface area contributed by atoms with Crippen molar-refractivity contribution in [3.05, 3.63) is 48.2 Å². The maximum absolute atomic E-state index is 12.3. The molecule has 4 atom stereocenters. The van der Waals surface area contributed by atoms with Crippen molar-refractivity contribution in [3.8, 4) is 0 Å². The number of aliphatic hydroxyl groups excluding tert-OH is 1. The first-order valence-corrected chi connectivity index (χ1v) is 8.05. The van der Waals surface area contributed by atoms with Gasteiger partial charge in [-0.3, -0.25) is 4.79 Å². The van der Waals surface area contributed by atoms with E-state index in [1.54, 1.807) is 0 Å². The third kappa shape index (κ3) is 1.58. The second-order valence-electron chi connectivity index (χ2n) is 6.71. The summed E-state index contributed by atoms with van der Waals surface area (Å²) < 4.78 is 0. The lowest BCUT2D eigenvalue weighted by atomic mass is 9.55. The quantitative estimate of drug-likeness (QED) is 0.542. The molecule has 24 heavy (non-hydrogen) atoms. The molecule has 1 saturated heterocycles. The standard InChI is InChI=1S/C18H20N2O4/c1-2-18(24)12-7-8-19-15(18)13-10-5-3-4-6-11(10)20-14(13)17(12,9-21)16(22)23/h2-6,12,15,19-21,24H,1,7-9H2,(H,22,23)/t12-,15+,17+,18+/m1/s1. The zero-order chi connectivity index (χ0) is 17.1. The topological polar surface area (TPSA) is 106 Å². The summed E-state index contributed by atoms with van der Waals surface area (Å²) in [5, 5.41) is 35.7. The molecule has 2 aromatic rings. The number of aliphatic carboxylic acids is 1. The lowest BCUT2D eigenvalue weighted by Crippen LogP contribution is -2.66. The van der Waals surface area contributed by atoms with Crippen LogP contribution in [-0.2, 0) is 10.2 Å². The number of benzene rings is 1. The molecule has 1 aromatic heterocycles. The van der Waals surface area contributed by atoms with Crippen LogP contribution in [0.2, 0.25) is 0 Å². The number of nitrogens with one attached hydrogen (secondary N) is 2. The number of hydrogen-bond donors (Lipinski definition) is 5. The number of hydrogen-bond acceptors (Lipinski definition) is 4. The van der Waals surface area contributed by atoms with E-state index >= 15 is 0 Å². The Kier molecular flexibility index (Phi) is 3.16. The summed E-state index contributed by atoms with van der Waals surface area (Å²) >= 11 is 0. The Hall–Kier alpha value is -2.15. The van der Waals surface area contributed by atoms with Crippen LogP contribution in [-0.4, -0.2) is 45.0 Å². The molecule has 0 amide bonds. The van der Waals surface area contributed by atoms with E-state index in [0.717, 1.165) is 10.9 Å². The van der Waals surface area contributed by atoms with Gasteiger partial charge in [0.1, 0.15) is 11.0 Å². The Morgan fingerprint density at radius 1 is 1.42 bits per heavy atom. The molecule has 1 aromatic carbocycles. The molecule has 2 aliphatic rings. The van der Waals surface area contributed by atoms with E-state index in [2.05, 4.69) is 16.9 Å². The first-order chi connectivity index (χ1) is 11.5. The van der Waals surface area contributed by atoms with E-state index in [4.69, 9.17) is 0 Å². The molecule has 4 rings (SSSR count). The summed E-state index contributed by atoms with van der Waals surface area (Å²) in [6.45, 7) is 3.74. The second kappa shape index (κ2) is 4.92. The molecule has 6 heteroatoms. The molecule has 0 saturated carbocycles. The number of H-pyrrole nitrogens is 1. The number of fused-ring (bicyclic) bond motifs is 6. The normalized spacial score (nSPS) is 34.8. The number of rotatable bonds is 3. The monoisotopic (exact) mass is 328 g/mol. The number of para-hydroxylation sites is 1. The Morgan fingerprint density at radius 3 is 2.83 bits per heavy atom. The van der Waals surface area contributed by atoms with Crippen LogP contribution in [0.1, 0.15) is 23.7 Å². The number of carboxylic acids is 1. The van der Waals surface area contributed by atoms with Crippen molar-refractivity contribution >= 4 is 16.9 Å². The third-order valence-corrected chi connectivity index (χ3v) is 5.84. The Bertz CT molecular complexity index is 845. The van der Waals surface area contributed by atoms with Crippen LogP contribution in [0, 0.1) is 5.92 Å². The molecular formula is C18H20N2O4. The summed E-state index contributed by atoms with van der Waals surface area (Å²) in [5.74, 6) is -1.81. The van der Waals surface area contributed by atoms with Gasteiger partial charge in [0.2, 0.25) is 0 Å². The minimum atomic E-state index is -1.59. The summed E-state index contributed by atoms with van der Waals surface area (Å²) in [7, 11) is 0. The Morgan fingerprint density at radius 2 is 2.17 bits per heavy atom. The largest absolute Gasteiger partial charge is 0.480 e. The van der Waals surface area contributed by atoms with Crippen LogP contribution in [0.25, 0.3) is 10.9 Å². The first kappa shape index (κ1) is 15.4. The highest BCUT2D eigenvalue weighted by Gasteiger charge is 2.64. The van der Waals surface area contributed by atoms with Crippen molar-refractivity contribution in [2.75, 3.05) is 13.2 Å². The van der Waals surface area contributed by atoms with Gasteiger partial charge in [-0.15, -0.1) is 6.58 Å². The number of aromatic amines is 1. The van der Waals surface area contributed by atoms with Gasteiger partial charge in [0, 0.05) is 28.1 Å². The van der Waals surface area contributed by atoms with Crippen LogP contribution >= 0.6 is 0 Å². The van der Waals surface area contributed by atoms with Gasteiger partial charge in [-0.05, 0) is 19.0 Å². The van der Waals surface area contributed by atoms with E-state index in [1.807, 2.05) is 24.3 Å². The highest BCUT2D eigenvalue weighted by atomic mass is 16.4. The zero-order valence-corrected chi connectivity index (χ0v) is 13.1. The SMILES string of the molecule is C=C[C@@]1(O)[C@H]2NCC[C@@H]1[C@](CO)(C(=O)O)c1[nH]c3ccccc3c12. The van der Waals surface area contributed by atoms with Crippen molar-refractivity contribution in [2.45, 2.75) is 23.5 Å². The van der Waals surface area contributed by atoms with E-state index in [1.165, 1.54) is 6.08 Å². The van der Waals surface area contributed by atoms with Crippen LogP contribution < -0.4 is 5.32 Å². The maximum atomic E-state index is 12.3. The number of aliphatic hydroxyl groups is 2. The number of piperidine rings is 1. The van der Waals surface area contributed by atoms with Gasteiger partial charge in [-0.1, -0.05) is 24.3 Å². The van der Waals surface area contributed by atoms with Crippen molar-refractivity contribution < 1.29 is 20.1 Å². The van der Waals surface area contributed by atoms with Crippen LogP contribution in [0.3, 0.4) is 0 Å². The highest BCUT2D eigenvalue weighted by Crippen LogP contribution is 2.56. The molecule has 1 aliphatic heterocycles. The zero-order valence-electron chi connectivity index (χ0n) is 13.1. The number of carboxylic acid groups (broad SMARTS) is 1. The summed E-state index contributed by atoms with van der Waals surface area (Å²) in [5.41, 5.74) is -1.05. The van der Waals surface area contributed by atoms with E-state index in [-0.39, 0.29) is 0 Å². The predicted octanol–water partition coefficient (Wildman–Crippen LogP) is 1.06. The molecular weight excluding hydrogens is 308 g/mol. The van der Waals surface area contributed by atoms with Crippen molar-refractivity contribution in [2.24, 2.45) is 5.92 Å². The number of carbonyl (C=O) groups is 1. The van der Waals surface area contributed by atoms with Crippen molar-refractivity contribution in [1.82, 2.24) is 10.3 Å². The average Bonchev–Trinajstić information content (AvgIpc) is 2.95. The van der Waals surface area contributed by atoms with Crippen molar-refractivity contribution in [3.63, 3.8) is 0 Å². The molecule has 0 radical (unpaired) electrons. The predicted molar refractivity (Wildman–Crippen MR) is 88.7 cm³/mol. The van der Waals surface area contributed by atoms with Gasteiger partial charge in [0.05, 0.1) is 12.6 Å². The van der Waals surface area contributed by atoms with Crippen LogP contribution in [0.15, 0.2) is 36.9 Å². The van der Waals surface area contributed by atoms with Gasteiger partial charge in [0.15, 0.2) is 0 Å². The lowest BCUT2D eigenvalue weighted by Gasteiger charge is -2.55. The van der Waals surface area contributed by atoms with E-state index in [0.29, 0.717) is 24.2 Å². The fourth-order valence-electron chi connectivity index (χ4n) is 4.70. The summed E-state index contributed by atoms with van der Waals surface area (Å²) in [6.07, 6.45) is 1.85. The molecule has 0 spiro atoms. The summed E-state index contributed by atoms with van der Waals surface area (Å²) in [4.78, 5) is 15.5. The minimum absolute atomic E-state index is 0.431. The molecule has 1 fully saturated rings. The smallest absolute Gasteiger partial charge is 0.318 e. The van der Waals surface area contributed by atoms with Crippen molar-refractivity contribution in [1.29, 1.82) is 0 Å². The molecule has 126 valence electrons. The molecule has 6 nitrogen and oxygen atoms in total. The fourth-order valence-corrected chi connectivity index (χ4v) is 4.70. The second-order valence-corrected chi connectivity index (χ2v) is 6.71. The Balaban J connectivity index is 2.15. The van der Waals surface area contributed by atoms with Gasteiger partial charge in [-0.2, -0.15) is 0 Å². The molecule has 0 unspecified atom stereocenters. The van der Waals surface area contributed by atoms with Gasteiger partial charge < -0.3 is 25.6 Å². The van der Waals surface area contributed by atoms with Gasteiger partial charge in [0.25, 0.3) is 0 Å². The van der Waals surface area contributed by atoms with Gasteiger partial charge >= 0.3 is 5.97 Å². The van der Waals surface area contributed by atoms with E-state index in [9.17, 15) is 20.1 Å². The molecule has 2 bridgehead atoms. The summed E-state index contributed by atoms with van der Waals surface area (Å²) in [6, 6.07) is 7.05. The average molecular weight is 328 g/mol. The molecule has 2 heterocycles. The van der Waals surface area contributed by atoms with Crippen LogP contribution in [0.5, 0.6) is 0 Å². The van der Waals surface area contributed by atoms with Crippen LogP contribution in [0.4, 0.5) is 0 Å². The molecule has 1 aliphatic carbocycles. The van der Waals surface area contributed by atoms with E-state index < -0.39 is 35.6 Å². The number of aromatic nitrogens is 1. The highest BCUT2D eigenvalue weighted by molar-refractivity contribution is 5.92. The lowest BCUT2D eigenvalue weighted by molar-refractivity contribution is -0.161. The Labute approximate surface area is 138 Å². The van der Waals surface area contributed by atoms with Gasteiger partial charge in [-0.25, -0.2) is 0 Å².